The summed E-state index contributed by atoms with van der Waals surface area (Å²) in [4.78, 5) is 13.6. The number of nitrogens with zero attached hydrogens (tertiary/aromatic N) is 2. The largest absolute Gasteiger partial charge is 0.409 e. The van der Waals surface area contributed by atoms with Gasteiger partial charge >= 0.3 is 0 Å². The van der Waals surface area contributed by atoms with Gasteiger partial charge in [-0.1, -0.05) is 19.0 Å². The Morgan fingerprint density at radius 3 is 2.50 bits per heavy atom. The highest BCUT2D eigenvalue weighted by atomic mass is 16.4. The summed E-state index contributed by atoms with van der Waals surface area (Å²) < 4.78 is 0. The molecule has 0 aromatic rings. The van der Waals surface area contributed by atoms with Crippen LogP contribution < -0.4 is 5.73 Å². The van der Waals surface area contributed by atoms with E-state index in [1.54, 1.807) is 0 Å². The van der Waals surface area contributed by atoms with Crippen LogP contribution in [0.1, 0.15) is 33.1 Å². The van der Waals surface area contributed by atoms with E-state index in [0.717, 1.165) is 12.8 Å². The van der Waals surface area contributed by atoms with Gasteiger partial charge in [0, 0.05) is 25.4 Å². The topological polar surface area (TPSA) is 78.9 Å². The minimum absolute atomic E-state index is 0.119. The van der Waals surface area contributed by atoms with Crippen molar-refractivity contribution >= 4 is 11.7 Å². The molecule has 0 aromatic carbocycles. The lowest BCUT2D eigenvalue weighted by molar-refractivity contribution is -0.133. The Balaban J connectivity index is 2.40. The van der Waals surface area contributed by atoms with Crippen molar-refractivity contribution in [2.24, 2.45) is 22.7 Å². The molecule has 1 fully saturated rings. The Kier molecular flexibility index (Phi) is 4.58. The van der Waals surface area contributed by atoms with Crippen molar-refractivity contribution in [3.63, 3.8) is 0 Å². The highest BCUT2D eigenvalue weighted by Crippen LogP contribution is 2.18. The molecule has 0 unspecified atom stereocenters. The summed E-state index contributed by atoms with van der Waals surface area (Å²) in [6.07, 6.45) is 2.19. The predicted octanol–water partition coefficient (Wildman–Crippen LogP) is 1.02. The second kappa shape index (κ2) is 5.72. The minimum Gasteiger partial charge on any atom is -0.409 e. The summed E-state index contributed by atoms with van der Waals surface area (Å²) in [5, 5.41) is 11.6. The van der Waals surface area contributed by atoms with Crippen LogP contribution in [-0.2, 0) is 4.79 Å². The Morgan fingerprint density at radius 2 is 2.06 bits per heavy atom. The van der Waals surface area contributed by atoms with Crippen molar-refractivity contribution in [2.45, 2.75) is 33.1 Å². The highest BCUT2D eigenvalue weighted by Gasteiger charge is 2.25. The van der Waals surface area contributed by atoms with Crippen molar-refractivity contribution in [3.8, 4) is 0 Å². The number of oxime groups is 1. The fraction of sp³-hybridized carbons (Fsp3) is 0.818. The zero-order chi connectivity index (χ0) is 12.1. The van der Waals surface area contributed by atoms with Crippen LogP contribution in [-0.4, -0.2) is 34.9 Å². The van der Waals surface area contributed by atoms with Crippen LogP contribution in [0.2, 0.25) is 0 Å². The number of nitrogens with two attached hydrogens (primary N) is 1. The summed E-state index contributed by atoms with van der Waals surface area (Å²) in [7, 11) is 0. The molecule has 0 saturated carbocycles. The number of hydrogen-bond acceptors (Lipinski definition) is 3. The maximum Gasteiger partial charge on any atom is 0.222 e. The third-order valence-corrected chi connectivity index (χ3v) is 2.96. The van der Waals surface area contributed by atoms with E-state index in [1.807, 2.05) is 18.7 Å². The second-order valence-electron chi connectivity index (χ2n) is 4.78. The molecule has 92 valence electrons. The number of carbonyl (C=O) groups is 1. The molecule has 0 spiro atoms. The average molecular weight is 227 g/mol. The van der Waals surface area contributed by atoms with Crippen molar-refractivity contribution < 1.29 is 10.0 Å². The van der Waals surface area contributed by atoms with E-state index in [-0.39, 0.29) is 17.7 Å². The molecule has 16 heavy (non-hydrogen) atoms. The van der Waals surface area contributed by atoms with E-state index < -0.39 is 0 Å². The SMILES string of the molecule is CC(C)CC(=O)N1CCC(C(N)=NO)CC1. The lowest BCUT2D eigenvalue weighted by atomic mass is 9.95. The number of piperidine rings is 1. The summed E-state index contributed by atoms with van der Waals surface area (Å²) in [5.41, 5.74) is 5.55. The third-order valence-electron chi connectivity index (χ3n) is 2.96. The molecule has 0 bridgehead atoms. The van der Waals surface area contributed by atoms with Gasteiger partial charge in [-0.3, -0.25) is 4.79 Å². The zero-order valence-corrected chi connectivity index (χ0v) is 10.0. The number of hydrogen-bond donors (Lipinski definition) is 2. The van der Waals surface area contributed by atoms with E-state index in [0.29, 0.717) is 25.4 Å². The van der Waals surface area contributed by atoms with Crippen molar-refractivity contribution in [2.75, 3.05) is 13.1 Å². The Hall–Kier alpha value is -1.26. The monoisotopic (exact) mass is 227 g/mol. The summed E-state index contributed by atoms with van der Waals surface area (Å²) in [5.74, 6) is 1.02. The van der Waals surface area contributed by atoms with Crippen LogP contribution in [0.3, 0.4) is 0 Å². The standard InChI is InChI=1S/C11H21N3O2/c1-8(2)7-10(15)14-5-3-9(4-6-14)11(12)13-16/h8-9,16H,3-7H2,1-2H3,(H2,12,13). The summed E-state index contributed by atoms with van der Waals surface area (Å²) in [6, 6.07) is 0. The quantitative estimate of drug-likeness (QED) is 0.327. The number of amidine groups is 1. The summed E-state index contributed by atoms with van der Waals surface area (Å²) >= 11 is 0. The Bertz CT molecular complexity index is 268. The van der Waals surface area contributed by atoms with E-state index >= 15 is 0 Å². The van der Waals surface area contributed by atoms with Crippen LogP contribution in [0.5, 0.6) is 0 Å². The first kappa shape index (κ1) is 12.8. The maximum atomic E-state index is 11.8. The molecule has 1 rings (SSSR count). The van der Waals surface area contributed by atoms with Crippen molar-refractivity contribution in [1.29, 1.82) is 0 Å². The minimum atomic E-state index is 0.119. The molecular formula is C11H21N3O2. The lowest BCUT2D eigenvalue weighted by Gasteiger charge is -2.31. The molecule has 1 heterocycles. The normalized spacial score (nSPS) is 19.2. The first-order valence-electron chi connectivity index (χ1n) is 5.79. The number of amides is 1. The van der Waals surface area contributed by atoms with Gasteiger partial charge in [0.15, 0.2) is 0 Å². The van der Waals surface area contributed by atoms with Gasteiger partial charge in [-0.2, -0.15) is 0 Å². The van der Waals surface area contributed by atoms with Crippen LogP contribution in [0, 0.1) is 11.8 Å². The summed E-state index contributed by atoms with van der Waals surface area (Å²) in [6.45, 7) is 5.51. The van der Waals surface area contributed by atoms with Crippen molar-refractivity contribution in [3.05, 3.63) is 0 Å². The fourth-order valence-corrected chi connectivity index (χ4v) is 1.98. The van der Waals surface area contributed by atoms with E-state index in [9.17, 15) is 4.79 Å². The van der Waals surface area contributed by atoms with E-state index in [1.165, 1.54) is 0 Å². The molecule has 1 amide bonds. The van der Waals surface area contributed by atoms with Crippen LogP contribution in [0.4, 0.5) is 0 Å². The number of rotatable bonds is 3. The van der Waals surface area contributed by atoms with Crippen LogP contribution in [0.25, 0.3) is 0 Å². The smallest absolute Gasteiger partial charge is 0.222 e. The average Bonchev–Trinajstić information content (AvgIpc) is 2.27. The van der Waals surface area contributed by atoms with Gasteiger partial charge < -0.3 is 15.8 Å². The molecule has 3 N–H and O–H groups in total. The molecule has 0 radical (unpaired) electrons. The Labute approximate surface area is 96.3 Å². The van der Waals surface area contributed by atoms with Gasteiger partial charge in [0.05, 0.1) is 0 Å². The van der Waals surface area contributed by atoms with Gasteiger partial charge in [-0.15, -0.1) is 0 Å². The van der Waals surface area contributed by atoms with Crippen LogP contribution >= 0.6 is 0 Å². The zero-order valence-electron chi connectivity index (χ0n) is 10.0. The van der Waals surface area contributed by atoms with Gasteiger partial charge in [-0.25, -0.2) is 0 Å². The number of likely N-dealkylation sites (tertiary alicyclic amines) is 1. The van der Waals surface area contributed by atoms with E-state index in [4.69, 9.17) is 10.9 Å². The maximum absolute atomic E-state index is 11.8. The van der Waals surface area contributed by atoms with E-state index in [2.05, 4.69) is 5.16 Å². The Morgan fingerprint density at radius 1 is 1.50 bits per heavy atom. The van der Waals surface area contributed by atoms with Crippen LogP contribution in [0.15, 0.2) is 5.16 Å². The lowest BCUT2D eigenvalue weighted by Crippen LogP contribution is -2.42. The molecule has 5 heteroatoms. The van der Waals surface area contributed by atoms with Gasteiger partial charge in [0.2, 0.25) is 5.91 Å². The molecule has 0 aliphatic carbocycles. The number of carbonyl (C=O) groups excluding carboxylic acids is 1. The predicted molar refractivity (Wildman–Crippen MR) is 62.2 cm³/mol. The molecule has 1 aliphatic rings. The molecular weight excluding hydrogens is 206 g/mol. The molecule has 0 atom stereocenters. The highest BCUT2D eigenvalue weighted by molar-refractivity contribution is 5.83. The van der Waals surface area contributed by atoms with Gasteiger partial charge in [0.25, 0.3) is 0 Å². The van der Waals surface area contributed by atoms with Crippen molar-refractivity contribution in [1.82, 2.24) is 4.90 Å². The molecule has 1 aliphatic heterocycles. The fourth-order valence-electron chi connectivity index (χ4n) is 1.98. The first-order valence-corrected chi connectivity index (χ1v) is 5.79. The third kappa shape index (κ3) is 3.40. The second-order valence-corrected chi connectivity index (χ2v) is 4.78. The molecule has 5 nitrogen and oxygen atoms in total. The van der Waals surface area contributed by atoms with Gasteiger partial charge in [0.1, 0.15) is 5.84 Å². The van der Waals surface area contributed by atoms with Gasteiger partial charge in [-0.05, 0) is 18.8 Å². The first-order chi connectivity index (χ1) is 7.54. The molecule has 0 aromatic heterocycles. The molecule has 1 saturated heterocycles.